The Balaban J connectivity index is 2.44. The minimum atomic E-state index is -0.114. The first-order valence-corrected chi connectivity index (χ1v) is 6.11. The second-order valence-corrected chi connectivity index (χ2v) is 5.35. The van der Waals surface area contributed by atoms with Gasteiger partial charge >= 0.3 is 0 Å². The number of methoxy groups -OCH3 is 1. The van der Waals surface area contributed by atoms with Crippen molar-refractivity contribution in [1.82, 2.24) is 0 Å². The molecule has 0 saturated carbocycles. The number of ether oxygens (including phenoxy) is 1. The number of nitrogens with zero attached hydrogens (tertiary/aromatic N) is 1. The zero-order valence-corrected chi connectivity index (χ0v) is 10.6. The van der Waals surface area contributed by atoms with Crippen LogP contribution in [0.2, 0.25) is 0 Å². The number of para-hydroxylation sites is 2. The number of anilines is 1. The largest absolute Gasteiger partial charge is 0.495 e. The molecule has 5 heteroatoms. The van der Waals surface area contributed by atoms with Gasteiger partial charge in [0, 0.05) is 0 Å². The third kappa shape index (κ3) is 1.81. The van der Waals surface area contributed by atoms with Gasteiger partial charge in [-0.2, -0.15) is 0 Å². The molecule has 0 aromatic heterocycles. The second-order valence-electron chi connectivity index (χ2n) is 3.37. The maximum atomic E-state index is 11.9. The number of thioether (sulfide) groups is 1. The lowest BCUT2D eigenvalue weighted by molar-refractivity contribution is -0.116. The van der Waals surface area contributed by atoms with Crippen molar-refractivity contribution in [2.24, 2.45) is 0 Å². The second kappa shape index (κ2) is 4.43. The summed E-state index contributed by atoms with van der Waals surface area (Å²) >= 11 is 6.60. The van der Waals surface area contributed by atoms with Crippen molar-refractivity contribution in [3.8, 4) is 5.75 Å². The lowest BCUT2D eigenvalue weighted by atomic mass is 10.2. The van der Waals surface area contributed by atoms with Crippen LogP contribution in [0, 0.1) is 0 Å². The van der Waals surface area contributed by atoms with Crippen molar-refractivity contribution in [1.29, 1.82) is 0 Å². The van der Waals surface area contributed by atoms with E-state index in [0.717, 1.165) is 5.69 Å². The highest BCUT2D eigenvalue weighted by Gasteiger charge is 2.36. The Hall–Kier alpha value is -1.07. The fourth-order valence-corrected chi connectivity index (χ4v) is 2.98. The van der Waals surface area contributed by atoms with Gasteiger partial charge in [0.25, 0.3) is 0 Å². The van der Waals surface area contributed by atoms with Gasteiger partial charge in [0.1, 0.15) is 10.1 Å². The molecule has 0 radical (unpaired) electrons. The van der Waals surface area contributed by atoms with E-state index < -0.39 is 0 Å². The van der Waals surface area contributed by atoms with E-state index in [9.17, 15) is 4.79 Å². The number of benzene rings is 1. The van der Waals surface area contributed by atoms with Crippen LogP contribution in [-0.2, 0) is 4.79 Å². The van der Waals surface area contributed by atoms with Crippen LogP contribution >= 0.6 is 24.0 Å². The number of hydrogen-bond acceptors (Lipinski definition) is 4. The molecule has 0 bridgehead atoms. The van der Waals surface area contributed by atoms with Crippen LogP contribution in [0.1, 0.15) is 6.92 Å². The van der Waals surface area contributed by atoms with E-state index in [1.165, 1.54) is 11.8 Å². The minimum Gasteiger partial charge on any atom is -0.495 e. The number of carbonyl (C=O) groups is 1. The average Bonchev–Trinajstić information content (AvgIpc) is 2.53. The summed E-state index contributed by atoms with van der Waals surface area (Å²) in [6, 6.07) is 7.38. The topological polar surface area (TPSA) is 29.5 Å². The van der Waals surface area contributed by atoms with Gasteiger partial charge in [0.15, 0.2) is 0 Å². The van der Waals surface area contributed by atoms with Gasteiger partial charge in [-0.1, -0.05) is 36.1 Å². The van der Waals surface area contributed by atoms with E-state index in [2.05, 4.69) is 0 Å². The van der Waals surface area contributed by atoms with Crippen molar-refractivity contribution >= 4 is 39.9 Å². The van der Waals surface area contributed by atoms with Gasteiger partial charge in [-0.05, 0) is 19.1 Å². The highest BCUT2D eigenvalue weighted by molar-refractivity contribution is 8.25. The third-order valence-electron chi connectivity index (χ3n) is 2.35. The standard InChI is InChI=1S/C11H11NO2S2/c1-7-10(13)12(11(15)16-7)8-5-3-4-6-9(8)14-2/h3-7H,1-2H3. The molecule has 1 aromatic rings. The molecule has 0 N–H and O–H groups in total. The molecule has 1 fully saturated rings. The van der Waals surface area contributed by atoms with Gasteiger partial charge < -0.3 is 4.74 Å². The van der Waals surface area contributed by atoms with Crippen LogP contribution in [0.25, 0.3) is 0 Å². The van der Waals surface area contributed by atoms with Crippen LogP contribution in [0.4, 0.5) is 5.69 Å². The van der Waals surface area contributed by atoms with E-state index >= 15 is 0 Å². The molecule has 1 aliphatic heterocycles. The number of amides is 1. The van der Waals surface area contributed by atoms with Crippen LogP contribution in [0.3, 0.4) is 0 Å². The highest BCUT2D eigenvalue weighted by atomic mass is 32.2. The summed E-state index contributed by atoms with van der Waals surface area (Å²) in [7, 11) is 1.58. The van der Waals surface area contributed by atoms with E-state index in [-0.39, 0.29) is 11.2 Å². The molecular formula is C11H11NO2S2. The molecule has 84 valence electrons. The van der Waals surface area contributed by atoms with Gasteiger partial charge in [-0.3, -0.25) is 9.69 Å². The summed E-state index contributed by atoms with van der Waals surface area (Å²) in [5.41, 5.74) is 0.719. The Labute approximate surface area is 104 Å². The zero-order chi connectivity index (χ0) is 11.7. The Kier molecular flexibility index (Phi) is 3.16. The molecule has 1 aliphatic rings. The first kappa shape index (κ1) is 11.4. The molecule has 1 saturated heterocycles. The predicted octanol–water partition coefficient (Wildman–Crippen LogP) is 2.45. The number of carbonyl (C=O) groups excluding carboxylic acids is 1. The average molecular weight is 253 g/mol. The maximum Gasteiger partial charge on any atom is 0.246 e. The summed E-state index contributed by atoms with van der Waals surface area (Å²) in [5, 5.41) is -0.114. The zero-order valence-electron chi connectivity index (χ0n) is 8.97. The summed E-state index contributed by atoms with van der Waals surface area (Å²) in [4.78, 5) is 13.5. The van der Waals surface area contributed by atoms with Crippen LogP contribution in [0.15, 0.2) is 24.3 Å². The van der Waals surface area contributed by atoms with Crippen molar-refractivity contribution in [2.45, 2.75) is 12.2 Å². The molecule has 0 spiro atoms. The molecule has 1 aromatic carbocycles. The molecule has 1 unspecified atom stereocenters. The first-order chi connectivity index (χ1) is 7.65. The summed E-state index contributed by atoms with van der Waals surface area (Å²) in [6.07, 6.45) is 0. The summed E-state index contributed by atoms with van der Waals surface area (Å²) < 4.78 is 5.81. The Morgan fingerprint density at radius 2 is 2.12 bits per heavy atom. The molecule has 1 atom stereocenters. The summed E-state index contributed by atoms with van der Waals surface area (Å²) in [6.45, 7) is 1.86. The summed E-state index contributed by atoms with van der Waals surface area (Å²) in [5.74, 6) is 0.674. The number of thiocarbonyl (C=S) groups is 1. The van der Waals surface area contributed by atoms with Crippen molar-refractivity contribution in [3.63, 3.8) is 0 Å². The highest BCUT2D eigenvalue weighted by Crippen LogP contribution is 2.36. The molecule has 1 heterocycles. The maximum absolute atomic E-state index is 11.9. The Morgan fingerprint density at radius 3 is 2.69 bits per heavy atom. The van der Waals surface area contributed by atoms with Crippen LogP contribution in [-0.4, -0.2) is 22.6 Å². The lowest BCUT2D eigenvalue weighted by Crippen LogP contribution is -2.30. The van der Waals surface area contributed by atoms with E-state index in [4.69, 9.17) is 17.0 Å². The molecule has 3 nitrogen and oxygen atoms in total. The van der Waals surface area contributed by atoms with Crippen molar-refractivity contribution in [3.05, 3.63) is 24.3 Å². The molecule has 2 rings (SSSR count). The molecular weight excluding hydrogens is 242 g/mol. The van der Waals surface area contributed by atoms with Crippen LogP contribution < -0.4 is 9.64 Å². The SMILES string of the molecule is COc1ccccc1N1C(=O)C(C)SC1=S. The predicted molar refractivity (Wildman–Crippen MR) is 70.1 cm³/mol. The van der Waals surface area contributed by atoms with E-state index in [1.807, 2.05) is 31.2 Å². The normalized spacial score (nSPS) is 20.4. The number of hydrogen-bond donors (Lipinski definition) is 0. The quantitative estimate of drug-likeness (QED) is 0.757. The smallest absolute Gasteiger partial charge is 0.246 e. The van der Waals surface area contributed by atoms with Gasteiger partial charge in [0.2, 0.25) is 5.91 Å². The number of rotatable bonds is 2. The van der Waals surface area contributed by atoms with Gasteiger partial charge in [-0.15, -0.1) is 0 Å². The third-order valence-corrected chi connectivity index (χ3v) is 3.77. The molecule has 0 aliphatic carbocycles. The monoisotopic (exact) mass is 253 g/mol. The fraction of sp³-hybridized carbons (Fsp3) is 0.273. The lowest BCUT2D eigenvalue weighted by Gasteiger charge is -2.18. The van der Waals surface area contributed by atoms with Crippen LogP contribution in [0.5, 0.6) is 5.75 Å². The van der Waals surface area contributed by atoms with Crippen molar-refractivity contribution < 1.29 is 9.53 Å². The Bertz CT molecular complexity index is 447. The Morgan fingerprint density at radius 1 is 1.44 bits per heavy atom. The minimum absolute atomic E-state index is 0.0134. The molecule has 16 heavy (non-hydrogen) atoms. The van der Waals surface area contributed by atoms with Gasteiger partial charge in [-0.25, -0.2) is 0 Å². The first-order valence-electron chi connectivity index (χ1n) is 4.82. The van der Waals surface area contributed by atoms with E-state index in [1.54, 1.807) is 12.0 Å². The van der Waals surface area contributed by atoms with Crippen molar-refractivity contribution in [2.75, 3.05) is 12.0 Å². The fourth-order valence-electron chi connectivity index (χ4n) is 1.56. The molecule has 1 amide bonds. The van der Waals surface area contributed by atoms with E-state index in [0.29, 0.717) is 10.1 Å². The van der Waals surface area contributed by atoms with Gasteiger partial charge in [0.05, 0.1) is 18.0 Å².